The van der Waals surface area contributed by atoms with Crippen LogP contribution in [0.25, 0.3) is 0 Å². The van der Waals surface area contributed by atoms with Crippen LogP contribution in [-0.2, 0) is 10.1 Å². The number of rotatable bonds is 10. The summed E-state index contributed by atoms with van der Waals surface area (Å²) >= 11 is 0. The molecule has 7 nitrogen and oxygen atoms in total. The van der Waals surface area contributed by atoms with Gasteiger partial charge in [-0.05, 0) is 35.1 Å². The van der Waals surface area contributed by atoms with Gasteiger partial charge in [0.1, 0.15) is 0 Å². The van der Waals surface area contributed by atoms with E-state index in [1.54, 1.807) is 0 Å². The maximum absolute atomic E-state index is 9.08. The average Bonchev–Trinajstić information content (AvgIpc) is 2.38. The van der Waals surface area contributed by atoms with E-state index in [1.165, 1.54) is 19.6 Å². The van der Waals surface area contributed by atoms with Gasteiger partial charge < -0.3 is 18.8 Å². The van der Waals surface area contributed by atoms with Crippen LogP contribution in [-0.4, -0.2) is 127 Å². The third-order valence-corrected chi connectivity index (χ3v) is 3.74. The van der Waals surface area contributed by atoms with Crippen LogP contribution in [0, 0.1) is 0 Å². The highest BCUT2D eigenvalue weighted by Crippen LogP contribution is 1.96. The van der Waals surface area contributed by atoms with Gasteiger partial charge in [0.25, 0.3) is 0 Å². The van der Waals surface area contributed by atoms with E-state index in [0.717, 1.165) is 30.7 Å². The van der Waals surface area contributed by atoms with Gasteiger partial charge in [-0.3, -0.25) is 4.90 Å². The Kier molecular flexibility index (Phi) is 16.6. The Labute approximate surface area is 151 Å². The third kappa shape index (κ3) is 26.6. The molecule has 150 valence electrons. The lowest BCUT2D eigenvalue weighted by Crippen LogP contribution is -2.45. The topological polar surface area (TPSA) is 66.9 Å². The minimum atomic E-state index is -3.92. The molecule has 0 radical (unpaired) electrons. The molecule has 0 fully saturated rings. The second-order valence-corrected chi connectivity index (χ2v) is 8.50. The first kappa shape index (κ1) is 28.5. The maximum atomic E-state index is 9.08. The lowest BCUT2D eigenvalue weighted by molar-refractivity contribution is -0.888. The number of hydrogen-bond acceptors (Lipinski definition) is 6. The van der Waals surface area contributed by atoms with E-state index >= 15 is 0 Å². The fourth-order valence-electron chi connectivity index (χ4n) is 1.54. The van der Waals surface area contributed by atoms with Crippen molar-refractivity contribution in [2.75, 3.05) is 94.4 Å². The Morgan fingerprint density at radius 3 is 1.54 bits per heavy atom. The highest BCUT2D eigenvalue weighted by molar-refractivity contribution is 7.84. The van der Waals surface area contributed by atoms with Crippen LogP contribution in [0.15, 0.2) is 0 Å². The molecule has 0 heterocycles. The molecule has 0 rings (SSSR count). The fourth-order valence-corrected chi connectivity index (χ4v) is 1.54. The van der Waals surface area contributed by atoms with Crippen molar-refractivity contribution in [3.63, 3.8) is 0 Å². The molecular weight excluding hydrogens is 328 g/mol. The minimum absolute atomic E-state index is 0. The third-order valence-electron chi connectivity index (χ3n) is 3.74. The van der Waals surface area contributed by atoms with Gasteiger partial charge in [-0.1, -0.05) is 7.43 Å². The summed E-state index contributed by atoms with van der Waals surface area (Å²) in [6.07, 6.45) is 0.604. The summed E-state index contributed by atoms with van der Waals surface area (Å²) in [5, 5.41) is 0. The summed E-state index contributed by atoms with van der Waals surface area (Å²) in [5.41, 5.74) is 0. The van der Waals surface area contributed by atoms with Gasteiger partial charge in [0, 0.05) is 39.0 Å². The fraction of sp³-hybridized carbons (Fsp3) is 1.00. The van der Waals surface area contributed by atoms with Gasteiger partial charge in [-0.25, -0.2) is 8.42 Å². The van der Waals surface area contributed by atoms with E-state index in [2.05, 4.69) is 63.9 Å². The summed E-state index contributed by atoms with van der Waals surface area (Å²) in [4.78, 5) is 7.10. The van der Waals surface area contributed by atoms with Crippen LogP contribution in [0.3, 0.4) is 0 Å². The Morgan fingerprint density at radius 2 is 1.21 bits per heavy atom. The van der Waals surface area contributed by atoms with Crippen molar-refractivity contribution >= 4 is 10.1 Å². The summed E-state index contributed by atoms with van der Waals surface area (Å²) in [6, 6.07) is 0. The number of quaternary nitrogens is 1. The molecule has 0 aromatic heterocycles. The highest BCUT2D eigenvalue weighted by atomic mass is 32.2. The molecule has 0 spiro atoms. The van der Waals surface area contributed by atoms with Crippen molar-refractivity contribution in [3.8, 4) is 0 Å². The molecule has 0 N–H and O–H groups in total. The molecule has 0 bridgehead atoms. The molecule has 0 amide bonds. The second kappa shape index (κ2) is 14.0. The van der Waals surface area contributed by atoms with Crippen molar-refractivity contribution in [2.45, 2.75) is 14.4 Å². The minimum Gasteiger partial charge on any atom is -0.748 e. The van der Waals surface area contributed by atoms with Gasteiger partial charge in [-0.15, -0.1) is 0 Å². The second-order valence-electron chi connectivity index (χ2n) is 7.09. The van der Waals surface area contributed by atoms with E-state index < -0.39 is 10.1 Å². The molecule has 0 saturated heterocycles. The van der Waals surface area contributed by atoms with E-state index in [0.29, 0.717) is 6.26 Å². The Morgan fingerprint density at radius 1 is 0.875 bits per heavy atom. The summed E-state index contributed by atoms with van der Waals surface area (Å²) < 4.78 is 28.3. The van der Waals surface area contributed by atoms with E-state index in [9.17, 15) is 0 Å². The molecule has 0 unspecified atom stereocenters. The molecular formula is C16H42N4O3S. The van der Waals surface area contributed by atoms with Gasteiger partial charge in [-0.2, -0.15) is 0 Å². The smallest absolute Gasteiger partial charge is 0.0916 e. The number of likely N-dealkylation sites (N-methyl/N-ethyl adjacent to an activating group) is 4. The van der Waals surface area contributed by atoms with Crippen molar-refractivity contribution in [2.24, 2.45) is 0 Å². The van der Waals surface area contributed by atoms with Crippen LogP contribution in [0.4, 0.5) is 0 Å². The Bertz CT molecular complexity index is 379. The van der Waals surface area contributed by atoms with Gasteiger partial charge in [0.2, 0.25) is 0 Å². The first-order valence-electron chi connectivity index (χ1n) is 8.01. The molecule has 0 aromatic carbocycles. The molecule has 0 atom stereocenters. The lowest BCUT2D eigenvalue weighted by Gasteiger charge is -2.31. The largest absolute Gasteiger partial charge is 0.748 e. The zero-order chi connectivity index (χ0) is 18.7. The van der Waals surface area contributed by atoms with E-state index in [4.69, 9.17) is 13.0 Å². The SMILES string of the molecule is C.CC[N+](C)(C)CCN(C)CCN(C)CCN(C)C.CS(=O)(=O)[O-]. The molecule has 0 saturated carbocycles. The Hall–Kier alpha value is -0.250. The predicted octanol–water partition coefficient (Wildman–Crippen LogP) is 0.305. The van der Waals surface area contributed by atoms with Crippen molar-refractivity contribution in [3.05, 3.63) is 0 Å². The summed E-state index contributed by atoms with van der Waals surface area (Å²) in [7, 11) is 9.39. The molecule has 0 aliphatic rings. The standard InChI is InChI=1S/C14H35N4.CH4O3S.CH4/c1-8-18(6,7)14-13-17(5)12-11-16(4)10-9-15(2)3;1-5(2,3)4;/h8-14H2,1-7H3;1H3,(H,2,3,4);1H4/q+1;;/p-1. The quantitative estimate of drug-likeness (QED) is 0.407. The average molecular weight is 371 g/mol. The van der Waals surface area contributed by atoms with E-state index in [1.807, 2.05) is 0 Å². The zero-order valence-corrected chi connectivity index (χ0v) is 17.2. The van der Waals surface area contributed by atoms with Crippen LogP contribution in [0.1, 0.15) is 14.4 Å². The summed E-state index contributed by atoms with van der Waals surface area (Å²) in [5.74, 6) is 0. The monoisotopic (exact) mass is 370 g/mol. The van der Waals surface area contributed by atoms with Crippen molar-refractivity contribution in [1.29, 1.82) is 0 Å². The van der Waals surface area contributed by atoms with Gasteiger partial charge >= 0.3 is 0 Å². The van der Waals surface area contributed by atoms with Gasteiger partial charge in [0.05, 0.1) is 37.3 Å². The molecule has 8 heteroatoms. The lowest BCUT2D eigenvalue weighted by atomic mass is 10.4. The Balaban J connectivity index is -0.000000639. The molecule has 0 aliphatic heterocycles. The first-order chi connectivity index (χ1) is 10.3. The number of nitrogens with zero attached hydrogens (tertiary/aromatic N) is 4. The number of hydrogen-bond donors (Lipinski definition) is 0. The van der Waals surface area contributed by atoms with Crippen LogP contribution >= 0.6 is 0 Å². The maximum Gasteiger partial charge on any atom is 0.0916 e. The van der Waals surface area contributed by atoms with Crippen molar-refractivity contribution in [1.82, 2.24) is 14.7 Å². The highest BCUT2D eigenvalue weighted by Gasteiger charge is 2.12. The summed E-state index contributed by atoms with van der Waals surface area (Å²) in [6.45, 7) is 10.5. The van der Waals surface area contributed by atoms with Crippen molar-refractivity contribution < 1.29 is 17.5 Å². The first-order valence-corrected chi connectivity index (χ1v) is 9.83. The molecule has 0 aromatic rings. The molecule has 0 aliphatic carbocycles. The van der Waals surface area contributed by atoms with Crippen LogP contribution in [0.5, 0.6) is 0 Å². The van der Waals surface area contributed by atoms with Crippen LogP contribution in [0.2, 0.25) is 0 Å². The zero-order valence-electron chi connectivity index (χ0n) is 16.4. The predicted molar refractivity (Wildman–Crippen MR) is 103 cm³/mol. The van der Waals surface area contributed by atoms with Crippen LogP contribution < -0.4 is 0 Å². The van der Waals surface area contributed by atoms with E-state index in [-0.39, 0.29) is 7.43 Å². The molecule has 24 heavy (non-hydrogen) atoms. The van der Waals surface area contributed by atoms with Gasteiger partial charge in [0.15, 0.2) is 0 Å². The normalized spacial score (nSPS) is 12.2.